The highest BCUT2D eigenvalue weighted by molar-refractivity contribution is 5.86. The highest BCUT2D eigenvalue weighted by Gasteiger charge is 2.71. The molecule has 110 valence electrons. The van der Waals surface area contributed by atoms with Crippen LogP contribution in [-0.2, 0) is 4.79 Å². The van der Waals surface area contributed by atoms with Crippen molar-refractivity contribution in [3.05, 3.63) is 0 Å². The Bertz CT molecular complexity index is 375. The summed E-state index contributed by atoms with van der Waals surface area (Å²) >= 11 is 0. The van der Waals surface area contributed by atoms with Gasteiger partial charge in [-0.25, -0.2) is 0 Å². The molecule has 1 saturated carbocycles. The first kappa shape index (κ1) is 14.6. The number of halogens is 3. The average Bonchev–Trinajstić information content (AvgIpc) is 2.96. The van der Waals surface area contributed by atoms with E-state index in [4.69, 9.17) is 0 Å². The first-order chi connectivity index (χ1) is 8.62. The fourth-order valence-electron chi connectivity index (χ4n) is 2.84. The summed E-state index contributed by atoms with van der Waals surface area (Å²) in [5.74, 6) is -0.459. The number of hydrogen-bond donors (Lipinski definition) is 1. The molecule has 2 atom stereocenters. The van der Waals surface area contributed by atoms with E-state index in [1.807, 2.05) is 27.7 Å². The molecule has 2 fully saturated rings. The molecule has 1 heterocycles. The van der Waals surface area contributed by atoms with Gasteiger partial charge in [0.25, 0.3) is 0 Å². The maximum atomic E-state index is 13.3. The van der Waals surface area contributed by atoms with E-state index >= 15 is 0 Å². The van der Waals surface area contributed by atoms with Gasteiger partial charge in [-0.2, -0.15) is 13.2 Å². The van der Waals surface area contributed by atoms with Gasteiger partial charge < -0.3 is 4.90 Å². The minimum Gasteiger partial charge on any atom is -0.311 e. The zero-order chi connectivity index (χ0) is 14.6. The zero-order valence-electron chi connectivity index (χ0n) is 11.7. The number of hydrogen-bond acceptors (Lipinski definition) is 2. The van der Waals surface area contributed by atoms with Gasteiger partial charge in [0, 0.05) is 0 Å². The number of nitrogens with one attached hydrogen (secondary N) is 1. The van der Waals surface area contributed by atoms with Gasteiger partial charge >= 0.3 is 6.18 Å². The molecule has 0 spiro atoms. The van der Waals surface area contributed by atoms with Gasteiger partial charge in [0.2, 0.25) is 5.91 Å². The third kappa shape index (κ3) is 2.14. The first-order valence-corrected chi connectivity index (χ1v) is 6.78. The number of amides is 1. The smallest absolute Gasteiger partial charge is 0.311 e. The van der Waals surface area contributed by atoms with Crippen LogP contribution < -0.4 is 5.32 Å². The summed E-state index contributed by atoms with van der Waals surface area (Å²) in [6, 6.07) is -0.507. The standard InChI is InChI=1S/C13H21F3N2O/c1-7(2)9-11(19)18(10(17-9)8(3)4)12(5-6-12)13(14,15)16/h7-10,17H,5-6H2,1-4H3. The largest absolute Gasteiger partial charge is 0.411 e. The molecule has 2 rings (SSSR count). The summed E-state index contributed by atoms with van der Waals surface area (Å²) in [7, 11) is 0. The highest BCUT2D eigenvalue weighted by atomic mass is 19.4. The predicted octanol–water partition coefficient (Wildman–Crippen LogP) is 2.52. The second-order valence-corrected chi connectivity index (χ2v) is 6.31. The van der Waals surface area contributed by atoms with Crippen molar-refractivity contribution in [1.82, 2.24) is 10.2 Å². The maximum absolute atomic E-state index is 13.3. The molecular formula is C13H21F3N2O. The highest BCUT2D eigenvalue weighted by Crippen LogP contribution is 2.55. The van der Waals surface area contributed by atoms with Gasteiger partial charge in [-0.05, 0) is 24.7 Å². The van der Waals surface area contributed by atoms with Crippen LogP contribution in [0.5, 0.6) is 0 Å². The minimum absolute atomic E-state index is 0.0113. The summed E-state index contributed by atoms with van der Waals surface area (Å²) in [5, 5.41) is 3.08. The third-order valence-corrected chi connectivity index (χ3v) is 4.14. The van der Waals surface area contributed by atoms with Crippen LogP contribution in [0.1, 0.15) is 40.5 Å². The Morgan fingerprint density at radius 3 is 2.05 bits per heavy atom. The van der Waals surface area contributed by atoms with E-state index in [1.54, 1.807) is 0 Å². The molecular weight excluding hydrogens is 257 g/mol. The molecule has 1 amide bonds. The maximum Gasteiger partial charge on any atom is 0.411 e. The van der Waals surface area contributed by atoms with E-state index < -0.39 is 29.8 Å². The topological polar surface area (TPSA) is 32.3 Å². The van der Waals surface area contributed by atoms with Crippen molar-refractivity contribution >= 4 is 5.91 Å². The molecule has 0 radical (unpaired) electrons. The molecule has 6 heteroatoms. The fraction of sp³-hybridized carbons (Fsp3) is 0.923. The molecule has 0 aromatic rings. The lowest BCUT2D eigenvalue weighted by Crippen LogP contribution is -2.55. The summed E-state index contributed by atoms with van der Waals surface area (Å²) in [5.41, 5.74) is -1.92. The quantitative estimate of drug-likeness (QED) is 0.860. The summed E-state index contributed by atoms with van der Waals surface area (Å²) in [6.07, 6.45) is -4.82. The van der Waals surface area contributed by atoms with Crippen molar-refractivity contribution in [3.8, 4) is 0 Å². The number of nitrogens with zero attached hydrogens (tertiary/aromatic N) is 1. The summed E-state index contributed by atoms with van der Waals surface area (Å²) in [4.78, 5) is 13.4. The van der Waals surface area contributed by atoms with Crippen LogP contribution >= 0.6 is 0 Å². The molecule has 1 N–H and O–H groups in total. The van der Waals surface area contributed by atoms with E-state index in [9.17, 15) is 18.0 Å². The fourth-order valence-corrected chi connectivity index (χ4v) is 2.84. The number of carbonyl (C=O) groups excluding carboxylic acids is 1. The van der Waals surface area contributed by atoms with E-state index in [0.717, 1.165) is 4.90 Å². The van der Waals surface area contributed by atoms with Crippen molar-refractivity contribution < 1.29 is 18.0 Å². The van der Waals surface area contributed by atoms with Crippen molar-refractivity contribution in [3.63, 3.8) is 0 Å². The SMILES string of the molecule is CC(C)C1NC(C(C)C)N(C2(C(F)(F)F)CC2)C1=O. The Balaban J connectivity index is 2.34. The monoisotopic (exact) mass is 278 g/mol. The zero-order valence-corrected chi connectivity index (χ0v) is 11.7. The molecule has 0 bridgehead atoms. The Morgan fingerprint density at radius 2 is 1.74 bits per heavy atom. The molecule has 3 nitrogen and oxygen atoms in total. The van der Waals surface area contributed by atoms with Crippen LogP contribution in [0.4, 0.5) is 13.2 Å². The van der Waals surface area contributed by atoms with E-state index in [-0.39, 0.29) is 24.7 Å². The van der Waals surface area contributed by atoms with Crippen LogP contribution in [0.25, 0.3) is 0 Å². The molecule has 0 aromatic carbocycles. The molecule has 1 aliphatic heterocycles. The van der Waals surface area contributed by atoms with Crippen molar-refractivity contribution in [2.24, 2.45) is 11.8 Å². The molecule has 1 saturated heterocycles. The van der Waals surface area contributed by atoms with Crippen molar-refractivity contribution in [2.75, 3.05) is 0 Å². The second-order valence-electron chi connectivity index (χ2n) is 6.31. The Hall–Kier alpha value is -0.780. The van der Waals surface area contributed by atoms with Crippen LogP contribution in [0.3, 0.4) is 0 Å². The lowest BCUT2D eigenvalue weighted by Gasteiger charge is -2.36. The average molecular weight is 278 g/mol. The van der Waals surface area contributed by atoms with Crippen LogP contribution in [0, 0.1) is 11.8 Å². The lowest BCUT2D eigenvalue weighted by molar-refractivity contribution is -0.204. The van der Waals surface area contributed by atoms with E-state index in [2.05, 4.69) is 5.32 Å². The number of rotatable bonds is 3. The Morgan fingerprint density at radius 1 is 1.21 bits per heavy atom. The molecule has 2 unspecified atom stereocenters. The van der Waals surface area contributed by atoms with Crippen LogP contribution in [0.2, 0.25) is 0 Å². The molecule has 19 heavy (non-hydrogen) atoms. The third-order valence-electron chi connectivity index (χ3n) is 4.14. The van der Waals surface area contributed by atoms with Gasteiger partial charge in [-0.1, -0.05) is 27.7 Å². The Labute approximate surface area is 111 Å². The summed E-state index contributed by atoms with van der Waals surface area (Å²) in [6.45, 7) is 7.38. The number of alkyl halides is 3. The normalized spacial score (nSPS) is 30.6. The number of carbonyl (C=O) groups is 1. The second kappa shape index (κ2) is 4.36. The van der Waals surface area contributed by atoms with Gasteiger partial charge in [0.05, 0.1) is 12.2 Å². The predicted molar refractivity (Wildman–Crippen MR) is 65.3 cm³/mol. The van der Waals surface area contributed by atoms with Crippen LogP contribution in [0.15, 0.2) is 0 Å². The Kier molecular flexibility index (Phi) is 3.36. The first-order valence-electron chi connectivity index (χ1n) is 6.78. The van der Waals surface area contributed by atoms with Crippen molar-refractivity contribution in [2.45, 2.75) is 64.5 Å². The van der Waals surface area contributed by atoms with Gasteiger partial charge in [-0.15, -0.1) is 0 Å². The van der Waals surface area contributed by atoms with E-state index in [0.29, 0.717) is 0 Å². The lowest BCUT2D eigenvalue weighted by atomic mass is 10.0. The molecule has 2 aliphatic rings. The minimum atomic E-state index is -4.34. The van der Waals surface area contributed by atoms with Crippen molar-refractivity contribution in [1.29, 1.82) is 0 Å². The van der Waals surface area contributed by atoms with Gasteiger partial charge in [-0.3, -0.25) is 10.1 Å². The van der Waals surface area contributed by atoms with Crippen LogP contribution in [-0.4, -0.2) is 34.7 Å². The van der Waals surface area contributed by atoms with E-state index in [1.165, 1.54) is 0 Å². The molecule has 0 aromatic heterocycles. The summed E-state index contributed by atoms with van der Waals surface area (Å²) < 4.78 is 39.8. The van der Waals surface area contributed by atoms with Gasteiger partial charge in [0.15, 0.2) is 0 Å². The molecule has 1 aliphatic carbocycles. The van der Waals surface area contributed by atoms with Gasteiger partial charge in [0.1, 0.15) is 5.54 Å².